The molecule has 1 atom stereocenters. The maximum atomic E-state index is 12.5. The van der Waals surface area contributed by atoms with E-state index in [9.17, 15) is 9.00 Å². The Morgan fingerprint density at radius 2 is 1.93 bits per heavy atom. The van der Waals surface area contributed by atoms with Gasteiger partial charge in [0.2, 0.25) is 11.6 Å². The van der Waals surface area contributed by atoms with Gasteiger partial charge in [0.15, 0.2) is 10.9 Å². The highest BCUT2D eigenvalue weighted by Gasteiger charge is 2.36. The van der Waals surface area contributed by atoms with Crippen LogP contribution in [-0.4, -0.2) is 31.4 Å². The fourth-order valence-corrected chi connectivity index (χ4v) is 5.67. The summed E-state index contributed by atoms with van der Waals surface area (Å²) in [7, 11) is -2.94. The van der Waals surface area contributed by atoms with E-state index in [0.717, 1.165) is 38.5 Å². The third kappa shape index (κ3) is 3.72. The van der Waals surface area contributed by atoms with Gasteiger partial charge in [-0.2, -0.15) is 0 Å². The molecule has 2 saturated carbocycles. The van der Waals surface area contributed by atoms with Gasteiger partial charge >= 0.3 is 0 Å². The second-order valence-corrected chi connectivity index (χ2v) is 10.7. The summed E-state index contributed by atoms with van der Waals surface area (Å²) < 4.78 is 31.7. The Morgan fingerprint density at radius 1 is 1.17 bits per heavy atom. The highest BCUT2D eigenvalue weighted by atomic mass is 35.5. The van der Waals surface area contributed by atoms with Crippen molar-refractivity contribution >= 4 is 38.5 Å². The van der Waals surface area contributed by atoms with E-state index in [2.05, 4.69) is 15.3 Å². The molecule has 1 amide bonds. The fourth-order valence-electron chi connectivity index (χ4n) is 3.90. The minimum atomic E-state index is -2.94. The summed E-state index contributed by atoms with van der Waals surface area (Å²) in [5.74, 6) is 0.601. The van der Waals surface area contributed by atoms with Gasteiger partial charge in [-0.05, 0) is 56.7 Å². The van der Waals surface area contributed by atoms with Gasteiger partial charge in [-0.3, -0.25) is 4.79 Å². The van der Waals surface area contributed by atoms with Crippen molar-refractivity contribution < 1.29 is 17.8 Å². The van der Waals surface area contributed by atoms with E-state index >= 15 is 0 Å². The minimum absolute atomic E-state index is 0.0167. The van der Waals surface area contributed by atoms with Gasteiger partial charge in [-0.15, -0.1) is 0 Å². The standard InChI is InChI=1S/C20H21ClN4O4S/c21-12-9-15-20(23-10-12)29-19(25-15)11-1-3-13(4-2-11)24-18(26)16-7-8-17(28-16)30(22,27)14-5-6-14/h7-11,13-14,22H,1-6H2,(H,24,26)/t11-,13+,30-/m0/s1. The number of nitrogens with zero attached hydrogens (tertiary/aromatic N) is 2. The van der Waals surface area contributed by atoms with Gasteiger partial charge < -0.3 is 14.2 Å². The van der Waals surface area contributed by atoms with Crippen LogP contribution < -0.4 is 5.32 Å². The SMILES string of the molecule is N=[S@@](=O)(c1ccc(C(=O)N[C@H]2CC[C@@H](c3nc4cc(Cl)cnc4o3)CC2)o1)C1CC1. The number of pyridine rings is 1. The van der Waals surface area contributed by atoms with Gasteiger partial charge in [0, 0.05) is 18.2 Å². The van der Waals surface area contributed by atoms with Crippen molar-refractivity contribution in [2.75, 3.05) is 0 Å². The Bertz CT molecular complexity index is 1210. The molecule has 5 rings (SSSR count). The van der Waals surface area contributed by atoms with E-state index in [4.69, 9.17) is 25.2 Å². The first-order chi connectivity index (χ1) is 14.4. The smallest absolute Gasteiger partial charge is 0.287 e. The van der Waals surface area contributed by atoms with E-state index in [-0.39, 0.29) is 34.0 Å². The lowest BCUT2D eigenvalue weighted by Crippen LogP contribution is -2.37. The van der Waals surface area contributed by atoms with Crippen molar-refractivity contribution in [3.8, 4) is 0 Å². The average Bonchev–Trinajstić information content (AvgIpc) is 3.32. The number of furan rings is 1. The van der Waals surface area contributed by atoms with E-state index in [0.29, 0.717) is 22.1 Å². The Balaban J connectivity index is 1.20. The fraction of sp³-hybridized carbons (Fsp3) is 0.450. The lowest BCUT2D eigenvalue weighted by atomic mass is 9.86. The van der Waals surface area contributed by atoms with Crippen LogP contribution in [0.3, 0.4) is 0 Å². The van der Waals surface area contributed by atoms with Crippen LogP contribution in [0.1, 0.15) is 60.9 Å². The molecule has 2 aliphatic rings. The quantitative estimate of drug-likeness (QED) is 0.592. The lowest BCUT2D eigenvalue weighted by Gasteiger charge is -2.27. The molecule has 3 heterocycles. The summed E-state index contributed by atoms with van der Waals surface area (Å²) in [5, 5.41) is 3.46. The number of hydrogen-bond acceptors (Lipinski definition) is 7. The van der Waals surface area contributed by atoms with Crippen molar-refractivity contribution in [3.05, 3.63) is 41.1 Å². The number of carbonyl (C=O) groups excluding carboxylic acids is 1. The summed E-state index contributed by atoms with van der Waals surface area (Å²) in [5.41, 5.74) is 1.13. The molecule has 2 aliphatic carbocycles. The first kappa shape index (κ1) is 19.6. The van der Waals surface area contributed by atoms with Gasteiger partial charge in [0.05, 0.1) is 10.3 Å². The normalized spacial score (nSPS) is 23.9. The molecule has 3 aromatic heterocycles. The zero-order chi connectivity index (χ0) is 20.9. The molecule has 10 heteroatoms. The Labute approximate surface area is 178 Å². The van der Waals surface area contributed by atoms with Crippen LogP contribution in [-0.2, 0) is 9.73 Å². The second-order valence-electron chi connectivity index (χ2n) is 7.97. The summed E-state index contributed by atoms with van der Waals surface area (Å²) in [6, 6.07) is 4.75. The summed E-state index contributed by atoms with van der Waals surface area (Å²) in [4.78, 5) is 21.2. The van der Waals surface area contributed by atoms with E-state index in [1.54, 1.807) is 6.07 Å². The summed E-state index contributed by atoms with van der Waals surface area (Å²) in [6.45, 7) is 0. The third-order valence-electron chi connectivity index (χ3n) is 5.74. The van der Waals surface area contributed by atoms with Crippen LogP contribution in [0.25, 0.3) is 11.2 Å². The largest absolute Gasteiger partial charge is 0.441 e. The first-order valence-corrected chi connectivity index (χ1v) is 12.0. The van der Waals surface area contributed by atoms with Crippen LogP contribution in [0, 0.1) is 4.78 Å². The summed E-state index contributed by atoms with van der Waals surface area (Å²) >= 11 is 5.96. The number of amides is 1. The van der Waals surface area contributed by atoms with E-state index in [1.807, 2.05) is 0 Å². The van der Waals surface area contributed by atoms with Crippen LogP contribution >= 0.6 is 11.6 Å². The molecule has 0 unspecified atom stereocenters. The predicted molar refractivity (Wildman–Crippen MR) is 110 cm³/mol. The van der Waals surface area contributed by atoms with Gasteiger partial charge in [-0.1, -0.05) is 11.6 Å². The number of fused-ring (bicyclic) bond motifs is 1. The second kappa shape index (κ2) is 7.39. The van der Waals surface area contributed by atoms with E-state index in [1.165, 1.54) is 18.3 Å². The highest BCUT2D eigenvalue weighted by molar-refractivity contribution is 7.93. The number of halogens is 1. The molecule has 2 N–H and O–H groups in total. The van der Waals surface area contributed by atoms with Crippen molar-refractivity contribution in [1.82, 2.24) is 15.3 Å². The molecule has 2 fully saturated rings. The maximum Gasteiger partial charge on any atom is 0.287 e. The molecule has 0 saturated heterocycles. The van der Waals surface area contributed by atoms with Crippen LogP contribution in [0.5, 0.6) is 0 Å². The molecule has 0 spiro atoms. The molecule has 158 valence electrons. The highest BCUT2D eigenvalue weighted by Crippen LogP contribution is 2.36. The number of hydrogen-bond donors (Lipinski definition) is 2. The average molecular weight is 449 g/mol. The lowest BCUT2D eigenvalue weighted by molar-refractivity contribution is 0.0891. The molecule has 0 bridgehead atoms. The zero-order valence-electron chi connectivity index (χ0n) is 16.1. The maximum absolute atomic E-state index is 12.5. The number of aromatic nitrogens is 2. The number of rotatable bonds is 5. The van der Waals surface area contributed by atoms with Gasteiger partial charge in [-0.25, -0.2) is 19.0 Å². The molecular formula is C20H21ClN4O4S. The first-order valence-electron chi connectivity index (χ1n) is 10.0. The number of oxazole rings is 1. The van der Waals surface area contributed by atoms with E-state index < -0.39 is 9.73 Å². The number of nitrogens with one attached hydrogen (secondary N) is 2. The Kier molecular flexibility index (Phi) is 4.82. The topological polar surface area (TPSA) is 122 Å². The van der Waals surface area contributed by atoms with Crippen molar-refractivity contribution in [2.45, 2.75) is 60.8 Å². The third-order valence-corrected chi connectivity index (χ3v) is 8.17. The van der Waals surface area contributed by atoms with Gasteiger partial charge in [0.1, 0.15) is 15.2 Å². The van der Waals surface area contributed by atoms with Crippen LogP contribution in [0.4, 0.5) is 0 Å². The van der Waals surface area contributed by atoms with Gasteiger partial charge in [0.25, 0.3) is 5.91 Å². The van der Waals surface area contributed by atoms with Crippen molar-refractivity contribution in [3.63, 3.8) is 0 Å². The molecule has 0 radical (unpaired) electrons. The minimum Gasteiger partial charge on any atom is -0.441 e. The molecule has 30 heavy (non-hydrogen) atoms. The molecular weight excluding hydrogens is 428 g/mol. The molecule has 0 aromatic carbocycles. The van der Waals surface area contributed by atoms with Crippen molar-refractivity contribution in [1.29, 1.82) is 4.78 Å². The number of carbonyl (C=O) groups is 1. The molecule has 8 nitrogen and oxygen atoms in total. The summed E-state index contributed by atoms with van der Waals surface area (Å²) in [6.07, 6.45) is 6.32. The predicted octanol–water partition coefficient (Wildman–Crippen LogP) is 4.49. The monoisotopic (exact) mass is 448 g/mol. The zero-order valence-corrected chi connectivity index (χ0v) is 17.7. The Morgan fingerprint density at radius 3 is 2.67 bits per heavy atom. The van der Waals surface area contributed by atoms with Crippen LogP contribution in [0.2, 0.25) is 5.02 Å². The van der Waals surface area contributed by atoms with Crippen molar-refractivity contribution in [2.24, 2.45) is 0 Å². The molecule has 3 aromatic rings. The Hall–Kier alpha value is -2.39. The van der Waals surface area contributed by atoms with Crippen LogP contribution in [0.15, 0.2) is 38.3 Å². The molecule has 0 aliphatic heterocycles.